The van der Waals surface area contributed by atoms with Crippen molar-refractivity contribution < 1.29 is 34.1 Å². The lowest BCUT2D eigenvalue weighted by Gasteiger charge is -2.11. The van der Waals surface area contributed by atoms with Crippen LogP contribution in [0.5, 0.6) is 11.5 Å². The van der Waals surface area contributed by atoms with Crippen LogP contribution >= 0.6 is 0 Å². The molecule has 6 rings (SSSR count). The molecule has 1 aliphatic carbocycles. The monoisotopic (exact) mass is 560 g/mol. The number of para-hydroxylation sites is 1. The second-order valence-electron chi connectivity index (χ2n) is 9.70. The van der Waals surface area contributed by atoms with Crippen LogP contribution in [0, 0.1) is 0 Å². The normalized spacial score (nSPS) is 10.8. The van der Waals surface area contributed by atoms with Crippen molar-refractivity contribution in [1.82, 2.24) is 0 Å². The molecule has 42 heavy (non-hydrogen) atoms. The topological polar surface area (TPSA) is 110 Å². The maximum Gasteiger partial charge on any atom is 0.336 e. The van der Waals surface area contributed by atoms with Gasteiger partial charge in [-0.1, -0.05) is 78.9 Å². The zero-order chi connectivity index (χ0) is 29.8. The summed E-state index contributed by atoms with van der Waals surface area (Å²) in [7, 11) is 3.10. The molecule has 210 valence electrons. The molecular weight excluding hydrogens is 532 g/mol. The van der Waals surface area contributed by atoms with E-state index in [0.29, 0.717) is 23.5 Å². The molecule has 7 nitrogen and oxygen atoms in total. The zero-order valence-electron chi connectivity index (χ0n) is 23.1. The van der Waals surface area contributed by atoms with Crippen molar-refractivity contribution in [3.05, 3.63) is 119 Å². The Labute approximate surface area is 242 Å². The quantitative estimate of drug-likeness (QED) is 0.190. The number of ketones is 1. The predicted octanol–water partition coefficient (Wildman–Crippen LogP) is 7.14. The molecule has 5 aromatic carbocycles. The minimum absolute atomic E-state index is 0.0217. The van der Waals surface area contributed by atoms with Gasteiger partial charge in [-0.3, -0.25) is 9.59 Å². The van der Waals surface area contributed by atoms with E-state index >= 15 is 0 Å². The average molecular weight is 561 g/mol. The van der Waals surface area contributed by atoms with Gasteiger partial charge in [0, 0.05) is 17.5 Å². The number of methoxy groups -OCH3 is 2. The molecule has 0 saturated heterocycles. The van der Waals surface area contributed by atoms with Crippen molar-refractivity contribution in [1.29, 1.82) is 0 Å². The number of rotatable bonds is 8. The molecule has 0 unspecified atom stereocenters. The number of aryl methyl sites for hydroxylation is 1. The molecular formula is C35H28O7. The first kappa shape index (κ1) is 28.1. The fourth-order valence-corrected chi connectivity index (χ4v) is 5.35. The van der Waals surface area contributed by atoms with E-state index in [1.165, 1.54) is 22.4 Å². The maximum atomic E-state index is 13.0. The van der Waals surface area contributed by atoms with Crippen molar-refractivity contribution >= 4 is 28.5 Å². The van der Waals surface area contributed by atoms with Gasteiger partial charge in [-0.25, -0.2) is 4.79 Å². The number of carboxylic acids is 2. The lowest BCUT2D eigenvalue weighted by molar-refractivity contribution is -0.136. The van der Waals surface area contributed by atoms with Gasteiger partial charge in [-0.2, -0.15) is 0 Å². The number of hydrogen-bond donors (Lipinski definition) is 2. The summed E-state index contributed by atoms with van der Waals surface area (Å²) < 4.78 is 10.3. The standard InChI is InChI=1S/C24H14O3.C11H14O4/c25-23(19-7-1-2-8-20(19)24(26)27)15-11-12-16-17-9-3-5-14-6-4-10-18(22(14)17)21(16)13-15;1-14-9-5-3-4-8(11(9)15-2)6-7-10(12)13/h1-13H,(H,26,27);3-5H,6-7H2,1-2H3,(H,12,13). The van der Waals surface area contributed by atoms with E-state index in [4.69, 9.17) is 14.6 Å². The van der Waals surface area contributed by atoms with Gasteiger partial charge < -0.3 is 19.7 Å². The zero-order valence-corrected chi connectivity index (χ0v) is 23.1. The molecule has 0 bridgehead atoms. The van der Waals surface area contributed by atoms with E-state index in [2.05, 4.69) is 24.3 Å². The van der Waals surface area contributed by atoms with Gasteiger partial charge in [0.25, 0.3) is 0 Å². The first-order valence-corrected chi connectivity index (χ1v) is 13.3. The Hall–Kier alpha value is -5.43. The Morgan fingerprint density at radius 1 is 0.667 bits per heavy atom. The number of fused-ring (bicyclic) bond motifs is 3. The van der Waals surface area contributed by atoms with Gasteiger partial charge in [0.1, 0.15) is 0 Å². The number of ether oxygens (including phenoxy) is 2. The van der Waals surface area contributed by atoms with Crippen molar-refractivity contribution in [2.45, 2.75) is 12.8 Å². The van der Waals surface area contributed by atoms with Gasteiger partial charge in [-0.15, -0.1) is 0 Å². The summed E-state index contributed by atoms with van der Waals surface area (Å²) in [4.78, 5) is 34.9. The smallest absolute Gasteiger partial charge is 0.336 e. The summed E-state index contributed by atoms with van der Waals surface area (Å²) >= 11 is 0. The van der Waals surface area contributed by atoms with Gasteiger partial charge in [0.05, 0.1) is 19.8 Å². The summed E-state index contributed by atoms with van der Waals surface area (Å²) in [6, 6.07) is 29.8. The summed E-state index contributed by atoms with van der Waals surface area (Å²) in [6.07, 6.45) is 0.527. The van der Waals surface area contributed by atoms with Gasteiger partial charge >= 0.3 is 11.9 Å². The van der Waals surface area contributed by atoms with Crippen molar-refractivity contribution in [3.63, 3.8) is 0 Å². The van der Waals surface area contributed by atoms with Crippen LogP contribution in [0.4, 0.5) is 0 Å². The highest BCUT2D eigenvalue weighted by atomic mass is 16.5. The van der Waals surface area contributed by atoms with Crippen molar-refractivity contribution in [3.8, 4) is 33.8 Å². The molecule has 0 aromatic heterocycles. The van der Waals surface area contributed by atoms with E-state index in [0.717, 1.165) is 22.3 Å². The highest BCUT2D eigenvalue weighted by Crippen LogP contribution is 2.47. The van der Waals surface area contributed by atoms with Crippen LogP contribution in [-0.2, 0) is 11.2 Å². The maximum absolute atomic E-state index is 13.0. The number of aliphatic carboxylic acids is 1. The fraction of sp³-hybridized carbons (Fsp3) is 0.114. The summed E-state index contributed by atoms with van der Waals surface area (Å²) in [5.41, 5.74) is 5.96. The minimum atomic E-state index is -1.10. The molecule has 0 amide bonds. The van der Waals surface area contributed by atoms with E-state index in [1.54, 1.807) is 44.6 Å². The largest absolute Gasteiger partial charge is 0.493 e. The molecule has 0 radical (unpaired) electrons. The molecule has 5 aromatic rings. The Morgan fingerprint density at radius 2 is 1.33 bits per heavy atom. The van der Waals surface area contributed by atoms with Crippen LogP contribution < -0.4 is 9.47 Å². The fourth-order valence-electron chi connectivity index (χ4n) is 5.35. The van der Waals surface area contributed by atoms with Crippen LogP contribution in [0.15, 0.2) is 97.1 Å². The van der Waals surface area contributed by atoms with E-state index in [9.17, 15) is 19.5 Å². The second-order valence-corrected chi connectivity index (χ2v) is 9.70. The van der Waals surface area contributed by atoms with E-state index < -0.39 is 11.9 Å². The van der Waals surface area contributed by atoms with Gasteiger partial charge in [0.15, 0.2) is 17.3 Å². The molecule has 0 spiro atoms. The van der Waals surface area contributed by atoms with Crippen LogP contribution in [0.1, 0.15) is 38.3 Å². The SMILES string of the molecule is COc1cccc(CCC(=O)O)c1OC.O=C(O)c1ccccc1C(=O)c1ccc2c(c1)-c1cccc3cccc-2c13. The number of carbonyl (C=O) groups excluding carboxylic acids is 1. The Balaban J connectivity index is 0.000000201. The Morgan fingerprint density at radius 3 is 1.98 bits per heavy atom. The number of aromatic carboxylic acids is 1. The third-order valence-corrected chi connectivity index (χ3v) is 7.26. The van der Waals surface area contributed by atoms with Crippen LogP contribution in [0.3, 0.4) is 0 Å². The van der Waals surface area contributed by atoms with Crippen LogP contribution in [0.2, 0.25) is 0 Å². The molecule has 0 aliphatic heterocycles. The Bertz CT molecular complexity index is 1830. The predicted molar refractivity (Wildman–Crippen MR) is 161 cm³/mol. The molecule has 7 heteroatoms. The van der Waals surface area contributed by atoms with Gasteiger partial charge in [0.2, 0.25) is 0 Å². The molecule has 0 fully saturated rings. The number of carbonyl (C=O) groups is 3. The lowest BCUT2D eigenvalue weighted by Crippen LogP contribution is -2.09. The van der Waals surface area contributed by atoms with E-state index in [1.807, 2.05) is 36.4 Å². The number of carboxylic acid groups (broad SMARTS) is 2. The minimum Gasteiger partial charge on any atom is -0.493 e. The molecule has 0 atom stereocenters. The third kappa shape index (κ3) is 5.32. The summed E-state index contributed by atoms with van der Waals surface area (Å²) in [5, 5.41) is 20.3. The lowest BCUT2D eigenvalue weighted by atomic mass is 9.94. The second kappa shape index (κ2) is 12.0. The average Bonchev–Trinajstić information content (AvgIpc) is 3.34. The van der Waals surface area contributed by atoms with Gasteiger partial charge in [-0.05, 0) is 63.2 Å². The molecule has 1 aliphatic rings. The first-order valence-electron chi connectivity index (χ1n) is 13.3. The van der Waals surface area contributed by atoms with Crippen LogP contribution in [-0.4, -0.2) is 42.2 Å². The first-order chi connectivity index (χ1) is 20.3. The number of benzene rings is 5. The van der Waals surface area contributed by atoms with Crippen LogP contribution in [0.25, 0.3) is 33.0 Å². The number of hydrogen-bond acceptors (Lipinski definition) is 5. The Kier molecular flexibility index (Phi) is 8.02. The highest BCUT2D eigenvalue weighted by molar-refractivity contribution is 6.18. The molecule has 2 N–H and O–H groups in total. The summed E-state index contributed by atoms with van der Waals surface area (Å²) in [6.45, 7) is 0. The molecule has 0 heterocycles. The van der Waals surface area contributed by atoms with E-state index in [-0.39, 0.29) is 23.3 Å². The van der Waals surface area contributed by atoms with Crippen molar-refractivity contribution in [2.75, 3.05) is 14.2 Å². The van der Waals surface area contributed by atoms with Crippen molar-refractivity contribution in [2.24, 2.45) is 0 Å². The molecule has 0 saturated carbocycles. The third-order valence-electron chi connectivity index (χ3n) is 7.26. The highest BCUT2D eigenvalue weighted by Gasteiger charge is 2.24. The summed E-state index contributed by atoms with van der Waals surface area (Å²) in [5.74, 6) is -0.960.